The van der Waals surface area contributed by atoms with E-state index in [1.165, 1.54) is 0 Å². The van der Waals surface area contributed by atoms with E-state index in [0.717, 1.165) is 27.8 Å². The number of alkyl carbamates (subject to hydrolysis) is 1. The van der Waals surface area contributed by atoms with Crippen molar-refractivity contribution in [3.05, 3.63) is 95.6 Å². The Hall–Kier alpha value is -3.64. The summed E-state index contributed by atoms with van der Waals surface area (Å²) in [5.41, 5.74) is 5.33. The van der Waals surface area contributed by atoms with Crippen LogP contribution in [0.3, 0.4) is 0 Å². The first-order valence-corrected chi connectivity index (χ1v) is 10.6. The fraction of sp³-hybridized carbons (Fsp3) is 0.231. The van der Waals surface area contributed by atoms with Crippen molar-refractivity contribution in [2.45, 2.75) is 25.0 Å². The Balaban J connectivity index is 1.36. The summed E-state index contributed by atoms with van der Waals surface area (Å²) in [5.74, 6) is -0.689. The summed E-state index contributed by atoms with van der Waals surface area (Å²) in [5, 5.41) is 11.8. The summed E-state index contributed by atoms with van der Waals surface area (Å²) in [6.07, 6.45) is -0.681. The van der Waals surface area contributed by atoms with Crippen molar-refractivity contribution in [1.82, 2.24) is 5.32 Å². The van der Waals surface area contributed by atoms with Crippen molar-refractivity contribution in [3.8, 4) is 11.1 Å². The topological polar surface area (TPSA) is 84.9 Å². The van der Waals surface area contributed by atoms with Crippen LogP contribution in [0.2, 0.25) is 0 Å². The van der Waals surface area contributed by atoms with Gasteiger partial charge < -0.3 is 19.9 Å². The Labute approximate surface area is 186 Å². The normalized spacial score (nSPS) is 13.0. The van der Waals surface area contributed by atoms with E-state index in [1.807, 2.05) is 66.7 Å². The Bertz CT molecular complexity index is 1040. The minimum absolute atomic E-state index is 0.0395. The van der Waals surface area contributed by atoms with E-state index in [1.54, 1.807) is 0 Å². The molecule has 0 saturated heterocycles. The molecule has 1 aliphatic rings. The minimum Gasteiger partial charge on any atom is -0.459 e. The molecule has 164 valence electrons. The molecule has 0 aromatic heterocycles. The number of ether oxygens (including phenoxy) is 2. The van der Waals surface area contributed by atoms with E-state index in [9.17, 15) is 14.7 Å². The van der Waals surface area contributed by atoms with Crippen LogP contribution >= 0.6 is 0 Å². The summed E-state index contributed by atoms with van der Waals surface area (Å²) >= 11 is 0. The molecule has 1 amide bonds. The lowest BCUT2D eigenvalue weighted by Crippen LogP contribution is -2.43. The number of rotatable bonds is 8. The van der Waals surface area contributed by atoms with E-state index in [0.29, 0.717) is 0 Å². The van der Waals surface area contributed by atoms with Crippen LogP contribution in [0.4, 0.5) is 4.79 Å². The Kier molecular flexibility index (Phi) is 6.82. The lowest BCUT2D eigenvalue weighted by Gasteiger charge is -2.18. The largest absolute Gasteiger partial charge is 0.459 e. The van der Waals surface area contributed by atoms with Crippen molar-refractivity contribution < 1.29 is 24.2 Å². The number of carbonyl (C=O) groups is 2. The van der Waals surface area contributed by atoms with Crippen LogP contribution in [0.25, 0.3) is 11.1 Å². The van der Waals surface area contributed by atoms with Gasteiger partial charge in [0.15, 0.2) is 0 Å². The molecule has 0 saturated carbocycles. The summed E-state index contributed by atoms with van der Waals surface area (Å²) < 4.78 is 10.8. The van der Waals surface area contributed by atoms with Gasteiger partial charge in [0.25, 0.3) is 0 Å². The second kappa shape index (κ2) is 10.1. The number of aliphatic hydroxyl groups is 1. The molecule has 0 radical (unpaired) electrons. The van der Waals surface area contributed by atoms with Crippen LogP contribution in [0.1, 0.15) is 29.0 Å². The predicted molar refractivity (Wildman–Crippen MR) is 120 cm³/mol. The van der Waals surface area contributed by atoms with Crippen molar-refractivity contribution in [2.75, 3.05) is 13.2 Å². The van der Waals surface area contributed by atoms with Crippen LogP contribution < -0.4 is 5.32 Å². The average molecular weight is 431 g/mol. The monoisotopic (exact) mass is 431 g/mol. The number of amides is 1. The molecule has 0 spiro atoms. The van der Waals surface area contributed by atoms with Gasteiger partial charge in [-0.2, -0.15) is 0 Å². The molecule has 4 rings (SSSR count). The van der Waals surface area contributed by atoms with Gasteiger partial charge >= 0.3 is 12.1 Å². The van der Waals surface area contributed by atoms with E-state index >= 15 is 0 Å². The number of nitrogens with one attached hydrogen (secondary N) is 1. The highest BCUT2D eigenvalue weighted by Crippen LogP contribution is 2.44. The Morgan fingerprint density at radius 3 is 2.06 bits per heavy atom. The number of aliphatic hydroxyl groups excluding tert-OH is 1. The molecule has 6 nitrogen and oxygen atoms in total. The van der Waals surface area contributed by atoms with Gasteiger partial charge in [-0.05, 0) is 27.8 Å². The van der Waals surface area contributed by atoms with Crippen molar-refractivity contribution in [2.24, 2.45) is 0 Å². The lowest BCUT2D eigenvalue weighted by atomic mass is 9.98. The highest BCUT2D eigenvalue weighted by molar-refractivity contribution is 5.82. The van der Waals surface area contributed by atoms with Crippen molar-refractivity contribution in [1.29, 1.82) is 0 Å². The molecule has 1 aliphatic carbocycles. The van der Waals surface area contributed by atoms with Crippen LogP contribution in [0.15, 0.2) is 78.9 Å². The van der Waals surface area contributed by atoms with Gasteiger partial charge in [-0.1, -0.05) is 78.9 Å². The highest BCUT2D eigenvalue weighted by atomic mass is 16.6. The SMILES string of the molecule is O=C(N[C@H](CCO)C(=O)OCc1ccccc1)OCC1c2ccccc2-c2ccccc21. The van der Waals surface area contributed by atoms with Gasteiger partial charge in [0.2, 0.25) is 0 Å². The fourth-order valence-corrected chi connectivity index (χ4v) is 3.99. The van der Waals surface area contributed by atoms with E-state index < -0.39 is 18.1 Å². The zero-order valence-electron chi connectivity index (χ0n) is 17.6. The lowest BCUT2D eigenvalue weighted by molar-refractivity contribution is -0.147. The molecule has 0 aliphatic heterocycles. The molecule has 0 heterocycles. The molecular formula is C26H25NO5. The number of benzene rings is 3. The fourth-order valence-electron chi connectivity index (χ4n) is 3.99. The molecule has 6 heteroatoms. The Morgan fingerprint density at radius 2 is 1.44 bits per heavy atom. The summed E-state index contributed by atoms with van der Waals surface area (Å²) in [7, 11) is 0. The maximum absolute atomic E-state index is 12.5. The molecule has 0 fully saturated rings. The van der Waals surface area contributed by atoms with Crippen LogP contribution in [-0.2, 0) is 20.9 Å². The molecule has 0 unspecified atom stereocenters. The van der Waals surface area contributed by atoms with E-state index in [2.05, 4.69) is 17.4 Å². The number of carbonyl (C=O) groups excluding carboxylic acids is 2. The highest BCUT2D eigenvalue weighted by Gasteiger charge is 2.30. The maximum atomic E-state index is 12.5. The number of hydrogen-bond donors (Lipinski definition) is 2. The van der Waals surface area contributed by atoms with E-state index in [-0.39, 0.29) is 32.2 Å². The smallest absolute Gasteiger partial charge is 0.407 e. The second-order valence-electron chi connectivity index (χ2n) is 7.63. The average Bonchev–Trinajstić information content (AvgIpc) is 3.15. The van der Waals surface area contributed by atoms with Gasteiger partial charge in [-0.25, -0.2) is 9.59 Å². The molecule has 2 N–H and O–H groups in total. The minimum atomic E-state index is -0.987. The number of esters is 1. The van der Waals surface area contributed by atoms with Crippen LogP contribution in [0.5, 0.6) is 0 Å². The molecule has 0 bridgehead atoms. The van der Waals surface area contributed by atoms with Gasteiger partial charge in [0.1, 0.15) is 19.3 Å². The predicted octanol–water partition coefficient (Wildman–Crippen LogP) is 4.02. The number of hydrogen-bond acceptors (Lipinski definition) is 5. The molecular weight excluding hydrogens is 406 g/mol. The van der Waals surface area contributed by atoms with Gasteiger partial charge in [-0.15, -0.1) is 0 Å². The van der Waals surface area contributed by atoms with Gasteiger partial charge in [0, 0.05) is 18.9 Å². The van der Waals surface area contributed by atoms with Gasteiger partial charge in [-0.3, -0.25) is 0 Å². The van der Waals surface area contributed by atoms with Crippen molar-refractivity contribution in [3.63, 3.8) is 0 Å². The Morgan fingerprint density at radius 1 is 0.844 bits per heavy atom. The number of fused-ring (bicyclic) bond motifs is 3. The molecule has 3 aromatic carbocycles. The second-order valence-corrected chi connectivity index (χ2v) is 7.63. The first kappa shape index (κ1) is 21.6. The molecule has 32 heavy (non-hydrogen) atoms. The van der Waals surface area contributed by atoms with Crippen LogP contribution in [-0.4, -0.2) is 36.4 Å². The quantitative estimate of drug-likeness (QED) is 0.526. The third-order valence-corrected chi connectivity index (χ3v) is 5.56. The first-order valence-electron chi connectivity index (χ1n) is 10.6. The molecule has 1 atom stereocenters. The van der Waals surface area contributed by atoms with Crippen molar-refractivity contribution >= 4 is 12.1 Å². The summed E-state index contributed by atoms with van der Waals surface area (Å²) in [6.45, 7) is -0.0342. The maximum Gasteiger partial charge on any atom is 0.407 e. The summed E-state index contributed by atoms with van der Waals surface area (Å²) in [6, 6.07) is 24.4. The zero-order chi connectivity index (χ0) is 22.3. The molecule has 3 aromatic rings. The standard InChI is InChI=1S/C26H25NO5/c28-15-14-24(25(29)31-16-18-8-2-1-3-9-18)27-26(30)32-17-23-21-12-6-4-10-19(21)20-11-5-7-13-22(20)23/h1-13,23-24,28H,14-17H2,(H,27,30)/t24-/m1/s1. The van der Waals surface area contributed by atoms with E-state index in [4.69, 9.17) is 9.47 Å². The third-order valence-electron chi connectivity index (χ3n) is 5.56. The third kappa shape index (κ3) is 4.81. The zero-order valence-corrected chi connectivity index (χ0v) is 17.6. The van der Waals surface area contributed by atoms with Crippen LogP contribution in [0, 0.1) is 0 Å². The van der Waals surface area contributed by atoms with Gasteiger partial charge in [0.05, 0.1) is 0 Å². The first-order chi connectivity index (χ1) is 15.7. The summed E-state index contributed by atoms with van der Waals surface area (Å²) in [4.78, 5) is 24.9.